The number of amides is 1. The van der Waals surface area contributed by atoms with Gasteiger partial charge in [-0.25, -0.2) is 4.98 Å². The minimum Gasteiger partial charge on any atom is -0.496 e. The Morgan fingerprint density at radius 3 is 2.77 bits per heavy atom. The monoisotopic (exact) mass is 370 g/mol. The number of aryl methyl sites for hydroxylation is 2. The van der Waals surface area contributed by atoms with Crippen LogP contribution in [0.1, 0.15) is 27.4 Å². The number of carbonyl (C=O) groups is 1. The fraction of sp³-hybridized carbons (Fsp3) is 0.316. The summed E-state index contributed by atoms with van der Waals surface area (Å²) in [6, 6.07) is 7.66. The number of thiazole rings is 1. The third kappa shape index (κ3) is 3.62. The number of methoxy groups -OCH3 is 1. The van der Waals surface area contributed by atoms with Crippen LogP contribution in [-0.2, 0) is 13.5 Å². The van der Waals surface area contributed by atoms with Gasteiger partial charge in [0.25, 0.3) is 5.91 Å². The van der Waals surface area contributed by atoms with Crippen LogP contribution in [0.25, 0.3) is 10.6 Å². The van der Waals surface area contributed by atoms with E-state index in [0.29, 0.717) is 12.2 Å². The van der Waals surface area contributed by atoms with Crippen LogP contribution in [0.3, 0.4) is 0 Å². The summed E-state index contributed by atoms with van der Waals surface area (Å²) in [5, 5.41) is 9.89. The molecule has 0 aliphatic heterocycles. The standard InChI is InChI=1S/C19H22N4O2S/c1-12-14(13(2)23(3)22-12)9-10-20-18(24)16-11-26-19(21-16)15-7-5-6-8-17(15)25-4/h5-8,11H,9-10H2,1-4H3,(H,20,24). The van der Waals surface area contributed by atoms with Crippen LogP contribution in [0, 0.1) is 13.8 Å². The van der Waals surface area contributed by atoms with Crippen LogP contribution in [0.4, 0.5) is 0 Å². The molecule has 3 rings (SSSR count). The number of para-hydroxylation sites is 1. The number of aromatic nitrogens is 3. The van der Waals surface area contributed by atoms with Crippen LogP contribution in [0.5, 0.6) is 5.75 Å². The molecule has 0 atom stereocenters. The van der Waals surface area contributed by atoms with Crippen LogP contribution in [-0.4, -0.2) is 34.3 Å². The Morgan fingerprint density at radius 1 is 1.31 bits per heavy atom. The molecule has 0 saturated carbocycles. The molecule has 0 aliphatic carbocycles. The predicted octanol–water partition coefficient (Wildman–Crippen LogP) is 3.14. The zero-order valence-corrected chi connectivity index (χ0v) is 16.2. The van der Waals surface area contributed by atoms with E-state index in [4.69, 9.17) is 4.74 Å². The maximum atomic E-state index is 12.4. The molecule has 6 nitrogen and oxygen atoms in total. The Morgan fingerprint density at radius 2 is 2.08 bits per heavy atom. The van der Waals surface area contributed by atoms with Gasteiger partial charge in [0.15, 0.2) is 0 Å². The molecule has 0 bridgehead atoms. The van der Waals surface area contributed by atoms with Gasteiger partial charge >= 0.3 is 0 Å². The lowest BCUT2D eigenvalue weighted by Gasteiger charge is -2.05. The SMILES string of the molecule is COc1ccccc1-c1nc(C(=O)NCCc2c(C)nn(C)c2C)cs1. The molecule has 0 fully saturated rings. The van der Waals surface area contributed by atoms with E-state index in [9.17, 15) is 4.79 Å². The largest absolute Gasteiger partial charge is 0.496 e. The normalized spacial score (nSPS) is 10.8. The van der Waals surface area contributed by atoms with E-state index in [-0.39, 0.29) is 5.91 Å². The van der Waals surface area contributed by atoms with Crippen LogP contribution in [0.15, 0.2) is 29.6 Å². The Balaban J connectivity index is 1.65. The number of hydrogen-bond donors (Lipinski definition) is 1. The molecule has 1 N–H and O–H groups in total. The van der Waals surface area contributed by atoms with Gasteiger partial charge in [-0.05, 0) is 38.0 Å². The first kappa shape index (κ1) is 18.1. The maximum absolute atomic E-state index is 12.4. The van der Waals surface area contributed by atoms with E-state index in [1.165, 1.54) is 16.9 Å². The molecule has 26 heavy (non-hydrogen) atoms. The number of nitrogens with zero attached hydrogens (tertiary/aromatic N) is 3. The second kappa shape index (κ2) is 7.70. The van der Waals surface area contributed by atoms with Gasteiger partial charge in [0, 0.05) is 24.7 Å². The molecular formula is C19H22N4O2S. The third-order valence-corrected chi connectivity index (χ3v) is 5.27. The van der Waals surface area contributed by atoms with Crippen molar-refractivity contribution in [3.05, 3.63) is 52.3 Å². The molecule has 1 amide bonds. The van der Waals surface area contributed by atoms with Gasteiger partial charge in [0.2, 0.25) is 0 Å². The average molecular weight is 370 g/mol. The Hall–Kier alpha value is -2.67. The summed E-state index contributed by atoms with van der Waals surface area (Å²) in [6.07, 6.45) is 0.751. The molecule has 1 aromatic carbocycles. The van der Waals surface area contributed by atoms with Gasteiger partial charge in [0.1, 0.15) is 16.5 Å². The first-order chi connectivity index (χ1) is 12.5. The van der Waals surface area contributed by atoms with Crippen molar-refractivity contribution in [2.45, 2.75) is 20.3 Å². The van der Waals surface area contributed by atoms with Crippen LogP contribution in [0.2, 0.25) is 0 Å². The fourth-order valence-corrected chi connectivity index (χ4v) is 3.72. The molecule has 0 spiro atoms. The van der Waals surface area contributed by atoms with Crippen LogP contribution >= 0.6 is 11.3 Å². The quantitative estimate of drug-likeness (QED) is 0.724. The van der Waals surface area contributed by atoms with E-state index < -0.39 is 0 Å². The van der Waals surface area contributed by atoms with Crippen molar-refractivity contribution in [1.29, 1.82) is 0 Å². The van der Waals surface area contributed by atoms with Crippen molar-refractivity contribution < 1.29 is 9.53 Å². The fourth-order valence-electron chi connectivity index (χ4n) is 2.89. The molecule has 7 heteroatoms. The summed E-state index contributed by atoms with van der Waals surface area (Å²) in [5.74, 6) is 0.581. The molecule has 2 aromatic heterocycles. The molecular weight excluding hydrogens is 348 g/mol. The van der Waals surface area contributed by atoms with Gasteiger partial charge < -0.3 is 10.1 Å². The zero-order valence-electron chi connectivity index (χ0n) is 15.4. The minimum absolute atomic E-state index is 0.165. The molecule has 2 heterocycles. The van der Waals surface area contributed by atoms with E-state index in [1.54, 1.807) is 12.5 Å². The maximum Gasteiger partial charge on any atom is 0.270 e. The lowest BCUT2D eigenvalue weighted by molar-refractivity contribution is 0.0950. The number of hydrogen-bond acceptors (Lipinski definition) is 5. The van der Waals surface area contributed by atoms with Crippen molar-refractivity contribution in [2.75, 3.05) is 13.7 Å². The van der Waals surface area contributed by atoms with Gasteiger partial charge in [-0.2, -0.15) is 5.10 Å². The highest BCUT2D eigenvalue weighted by Crippen LogP contribution is 2.31. The van der Waals surface area contributed by atoms with Crippen molar-refractivity contribution in [2.24, 2.45) is 7.05 Å². The lowest BCUT2D eigenvalue weighted by Crippen LogP contribution is -2.26. The van der Waals surface area contributed by atoms with Crippen molar-refractivity contribution >= 4 is 17.2 Å². The van der Waals surface area contributed by atoms with Crippen LogP contribution < -0.4 is 10.1 Å². The number of benzene rings is 1. The first-order valence-electron chi connectivity index (χ1n) is 8.37. The average Bonchev–Trinajstić information content (AvgIpc) is 3.22. The zero-order chi connectivity index (χ0) is 18.7. The summed E-state index contributed by atoms with van der Waals surface area (Å²) in [5.41, 5.74) is 4.63. The number of carbonyl (C=O) groups excluding carboxylic acids is 1. The molecule has 0 unspecified atom stereocenters. The summed E-state index contributed by atoms with van der Waals surface area (Å²) < 4.78 is 7.23. The minimum atomic E-state index is -0.165. The molecule has 0 saturated heterocycles. The van der Waals surface area contributed by atoms with Gasteiger partial charge in [-0.15, -0.1) is 11.3 Å². The molecule has 136 valence electrons. The number of ether oxygens (including phenoxy) is 1. The van der Waals surface area contributed by atoms with E-state index >= 15 is 0 Å². The van der Waals surface area contributed by atoms with E-state index in [1.807, 2.05) is 49.8 Å². The summed E-state index contributed by atoms with van der Waals surface area (Å²) in [7, 11) is 3.56. The van der Waals surface area contributed by atoms with Gasteiger partial charge in [-0.1, -0.05) is 12.1 Å². The van der Waals surface area contributed by atoms with Gasteiger partial charge in [0.05, 0.1) is 18.4 Å². The second-order valence-electron chi connectivity index (χ2n) is 6.02. The Bertz CT molecular complexity index is 930. The van der Waals surface area contributed by atoms with E-state index in [2.05, 4.69) is 15.4 Å². The third-order valence-electron chi connectivity index (χ3n) is 4.39. The first-order valence-corrected chi connectivity index (χ1v) is 9.25. The Kier molecular flexibility index (Phi) is 5.37. The highest BCUT2D eigenvalue weighted by atomic mass is 32.1. The molecule has 0 aliphatic rings. The van der Waals surface area contributed by atoms with E-state index in [0.717, 1.165) is 34.1 Å². The lowest BCUT2D eigenvalue weighted by atomic mass is 10.1. The summed E-state index contributed by atoms with van der Waals surface area (Å²) in [6.45, 7) is 4.58. The topological polar surface area (TPSA) is 69.0 Å². The second-order valence-corrected chi connectivity index (χ2v) is 6.88. The van der Waals surface area contributed by atoms with Gasteiger partial charge in [-0.3, -0.25) is 9.48 Å². The Labute approximate surface area is 156 Å². The molecule has 0 radical (unpaired) electrons. The summed E-state index contributed by atoms with van der Waals surface area (Å²) >= 11 is 1.43. The highest BCUT2D eigenvalue weighted by Gasteiger charge is 2.15. The van der Waals surface area contributed by atoms with Crippen molar-refractivity contribution in [3.63, 3.8) is 0 Å². The predicted molar refractivity (Wildman–Crippen MR) is 103 cm³/mol. The molecule has 3 aromatic rings. The van der Waals surface area contributed by atoms with Crippen molar-refractivity contribution in [3.8, 4) is 16.3 Å². The highest BCUT2D eigenvalue weighted by molar-refractivity contribution is 7.13. The van der Waals surface area contributed by atoms with Crippen molar-refractivity contribution in [1.82, 2.24) is 20.1 Å². The number of nitrogens with one attached hydrogen (secondary N) is 1. The smallest absolute Gasteiger partial charge is 0.270 e. The summed E-state index contributed by atoms with van der Waals surface area (Å²) in [4.78, 5) is 16.9. The number of rotatable bonds is 6.